The Morgan fingerprint density at radius 3 is 2.76 bits per heavy atom. The first kappa shape index (κ1) is 16.4. The summed E-state index contributed by atoms with van der Waals surface area (Å²) >= 11 is 0. The number of piperazine rings is 1. The molecule has 0 saturated carbocycles. The summed E-state index contributed by atoms with van der Waals surface area (Å²) in [6.07, 6.45) is 1.91. The van der Waals surface area contributed by atoms with Gasteiger partial charge >= 0.3 is 0 Å². The van der Waals surface area contributed by atoms with E-state index in [2.05, 4.69) is 53.2 Å². The SMILES string of the molecule is CNC(Cc1nc(C2CN(C)CCN2C)no1)CC(C)C. The number of likely N-dealkylation sites (N-methyl/N-ethyl adjacent to an activating group) is 3. The molecular weight excluding hydrogens is 266 g/mol. The Kier molecular flexibility index (Phi) is 5.72. The smallest absolute Gasteiger partial charge is 0.228 e. The van der Waals surface area contributed by atoms with Crippen molar-refractivity contribution in [1.82, 2.24) is 25.3 Å². The molecule has 1 aliphatic rings. The Bertz CT molecular complexity index is 433. The van der Waals surface area contributed by atoms with Crippen molar-refractivity contribution in [3.63, 3.8) is 0 Å². The third kappa shape index (κ3) is 4.49. The molecule has 0 aromatic carbocycles. The highest BCUT2D eigenvalue weighted by Gasteiger charge is 2.28. The van der Waals surface area contributed by atoms with Crippen molar-refractivity contribution >= 4 is 0 Å². The number of nitrogens with zero attached hydrogens (tertiary/aromatic N) is 4. The van der Waals surface area contributed by atoms with Gasteiger partial charge in [-0.15, -0.1) is 0 Å². The van der Waals surface area contributed by atoms with Crippen LogP contribution in [0.3, 0.4) is 0 Å². The van der Waals surface area contributed by atoms with Gasteiger partial charge in [-0.1, -0.05) is 19.0 Å². The molecule has 2 unspecified atom stereocenters. The van der Waals surface area contributed by atoms with Gasteiger partial charge in [-0.2, -0.15) is 4.98 Å². The van der Waals surface area contributed by atoms with Gasteiger partial charge in [0, 0.05) is 32.1 Å². The van der Waals surface area contributed by atoms with E-state index in [9.17, 15) is 0 Å². The molecule has 2 heterocycles. The van der Waals surface area contributed by atoms with Crippen molar-refractivity contribution in [2.45, 2.75) is 38.8 Å². The first-order valence-electron chi connectivity index (χ1n) is 7.88. The third-order valence-corrected chi connectivity index (χ3v) is 4.22. The maximum Gasteiger partial charge on any atom is 0.228 e. The highest BCUT2D eigenvalue weighted by Crippen LogP contribution is 2.21. The third-order valence-electron chi connectivity index (χ3n) is 4.22. The van der Waals surface area contributed by atoms with Crippen molar-refractivity contribution in [3.8, 4) is 0 Å². The Labute approximate surface area is 127 Å². The van der Waals surface area contributed by atoms with Crippen LogP contribution in [-0.2, 0) is 6.42 Å². The Hall–Kier alpha value is -0.980. The van der Waals surface area contributed by atoms with Gasteiger partial charge in [-0.3, -0.25) is 4.90 Å². The number of nitrogens with one attached hydrogen (secondary N) is 1. The minimum Gasteiger partial charge on any atom is -0.339 e. The van der Waals surface area contributed by atoms with Crippen molar-refractivity contribution < 1.29 is 4.52 Å². The molecule has 21 heavy (non-hydrogen) atoms. The van der Waals surface area contributed by atoms with Gasteiger partial charge in [0.2, 0.25) is 5.89 Å². The van der Waals surface area contributed by atoms with Crippen molar-refractivity contribution in [2.24, 2.45) is 5.92 Å². The molecule has 0 bridgehead atoms. The average Bonchev–Trinajstić information content (AvgIpc) is 2.88. The highest BCUT2D eigenvalue weighted by atomic mass is 16.5. The van der Waals surface area contributed by atoms with Gasteiger partial charge in [0.05, 0.1) is 6.04 Å². The topological polar surface area (TPSA) is 57.4 Å². The lowest BCUT2D eigenvalue weighted by atomic mass is 10.0. The van der Waals surface area contributed by atoms with E-state index in [4.69, 9.17) is 4.52 Å². The Morgan fingerprint density at radius 2 is 2.10 bits per heavy atom. The Morgan fingerprint density at radius 1 is 1.33 bits per heavy atom. The molecule has 0 spiro atoms. The van der Waals surface area contributed by atoms with Crippen LogP contribution in [0.15, 0.2) is 4.52 Å². The minimum absolute atomic E-state index is 0.236. The molecule has 1 fully saturated rings. The zero-order chi connectivity index (χ0) is 15.4. The quantitative estimate of drug-likeness (QED) is 0.850. The van der Waals surface area contributed by atoms with Crippen LogP contribution < -0.4 is 5.32 Å². The molecule has 1 N–H and O–H groups in total. The van der Waals surface area contributed by atoms with Crippen molar-refractivity contribution in [3.05, 3.63) is 11.7 Å². The lowest BCUT2D eigenvalue weighted by Crippen LogP contribution is -2.45. The maximum absolute atomic E-state index is 5.47. The molecule has 1 aromatic heterocycles. The van der Waals surface area contributed by atoms with E-state index >= 15 is 0 Å². The molecule has 6 heteroatoms. The van der Waals surface area contributed by atoms with Gasteiger partial charge < -0.3 is 14.7 Å². The highest BCUT2D eigenvalue weighted by molar-refractivity contribution is 4.99. The van der Waals surface area contributed by atoms with Crippen molar-refractivity contribution in [1.29, 1.82) is 0 Å². The molecular formula is C15H29N5O. The van der Waals surface area contributed by atoms with Crippen LogP contribution in [0.25, 0.3) is 0 Å². The van der Waals surface area contributed by atoms with Gasteiger partial charge in [-0.05, 0) is 33.5 Å². The number of rotatable bonds is 6. The normalized spacial score (nSPS) is 22.9. The summed E-state index contributed by atoms with van der Waals surface area (Å²) < 4.78 is 5.47. The van der Waals surface area contributed by atoms with Gasteiger partial charge in [0.15, 0.2) is 5.82 Å². The zero-order valence-corrected chi connectivity index (χ0v) is 14.0. The molecule has 0 amide bonds. The van der Waals surface area contributed by atoms with Crippen LogP contribution in [0.5, 0.6) is 0 Å². The fraction of sp³-hybridized carbons (Fsp3) is 0.867. The average molecular weight is 295 g/mol. The van der Waals surface area contributed by atoms with E-state index in [1.54, 1.807) is 0 Å². The summed E-state index contributed by atoms with van der Waals surface area (Å²) in [5.41, 5.74) is 0. The van der Waals surface area contributed by atoms with E-state index in [0.717, 1.165) is 44.2 Å². The molecule has 1 aliphatic heterocycles. The monoisotopic (exact) mass is 295 g/mol. The van der Waals surface area contributed by atoms with Crippen LogP contribution in [0, 0.1) is 5.92 Å². The number of hydrogen-bond donors (Lipinski definition) is 1. The maximum atomic E-state index is 5.47. The molecule has 0 radical (unpaired) electrons. The molecule has 1 saturated heterocycles. The summed E-state index contributed by atoms with van der Waals surface area (Å²) in [7, 11) is 6.26. The van der Waals surface area contributed by atoms with Crippen LogP contribution in [0.1, 0.15) is 38.0 Å². The van der Waals surface area contributed by atoms with E-state index in [1.165, 1.54) is 0 Å². The van der Waals surface area contributed by atoms with Crippen LogP contribution >= 0.6 is 0 Å². The minimum atomic E-state index is 0.236. The van der Waals surface area contributed by atoms with Crippen LogP contribution in [0.2, 0.25) is 0 Å². The van der Waals surface area contributed by atoms with Gasteiger partial charge in [-0.25, -0.2) is 0 Å². The molecule has 6 nitrogen and oxygen atoms in total. The molecule has 0 aliphatic carbocycles. The lowest BCUT2D eigenvalue weighted by molar-refractivity contribution is 0.108. The summed E-state index contributed by atoms with van der Waals surface area (Å²) in [6, 6.07) is 0.629. The molecule has 2 rings (SSSR count). The standard InChI is InChI=1S/C15H29N5O/c1-11(2)8-12(16-3)9-14-17-15(18-21-14)13-10-19(4)6-7-20(13)5/h11-13,16H,6-10H2,1-5H3. The summed E-state index contributed by atoms with van der Waals surface area (Å²) in [4.78, 5) is 9.25. The van der Waals surface area contributed by atoms with E-state index < -0.39 is 0 Å². The summed E-state index contributed by atoms with van der Waals surface area (Å²) in [5, 5.41) is 7.55. The predicted molar refractivity (Wildman–Crippen MR) is 83.2 cm³/mol. The van der Waals surface area contributed by atoms with Gasteiger partial charge in [0.1, 0.15) is 0 Å². The zero-order valence-electron chi connectivity index (χ0n) is 14.0. The fourth-order valence-corrected chi connectivity index (χ4v) is 2.86. The largest absolute Gasteiger partial charge is 0.339 e. The van der Waals surface area contributed by atoms with Crippen molar-refractivity contribution in [2.75, 3.05) is 40.8 Å². The number of hydrogen-bond acceptors (Lipinski definition) is 6. The lowest BCUT2D eigenvalue weighted by Gasteiger charge is -2.35. The Balaban J connectivity index is 2.00. The predicted octanol–water partition coefficient (Wildman–Crippen LogP) is 1.16. The number of aromatic nitrogens is 2. The van der Waals surface area contributed by atoms with Gasteiger partial charge in [0.25, 0.3) is 0 Å². The van der Waals surface area contributed by atoms with Crippen LogP contribution in [-0.4, -0.2) is 66.8 Å². The molecule has 1 aromatic rings. The fourth-order valence-electron chi connectivity index (χ4n) is 2.86. The molecule has 2 atom stereocenters. The van der Waals surface area contributed by atoms with E-state index in [1.807, 2.05) is 7.05 Å². The van der Waals surface area contributed by atoms with E-state index in [-0.39, 0.29) is 6.04 Å². The van der Waals surface area contributed by atoms with E-state index in [0.29, 0.717) is 12.0 Å². The summed E-state index contributed by atoms with van der Waals surface area (Å²) in [5.74, 6) is 2.22. The first-order valence-corrected chi connectivity index (χ1v) is 7.88. The summed E-state index contributed by atoms with van der Waals surface area (Å²) in [6.45, 7) is 7.55. The second-order valence-corrected chi connectivity index (χ2v) is 6.62. The van der Waals surface area contributed by atoms with Crippen LogP contribution in [0.4, 0.5) is 0 Å². The first-order chi connectivity index (χ1) is 9.99. The molecule has 120 valence electrons. The second kappa shape index (κ2) is 7.33. The second-order valence-electron chi connectivity index (χ2n) is 6.62.